The van der Waals surface area contributed by atoms with E-state index in [9.17, 15) is 9.59 Å². The fraction of sp³-hybridized carbons (Fsp3) is 0.500. The van der Waals surface area contributed by atoms with Crippen molar-refractivity contribution < 1.29 is 19.4 Å². The van der Waals surface area contributed by atoms with E-state index in [1.807, 2.05) is 30.3 Å². The summed E-state index contributed by atoms with van der Waals surface area (Å²) in [5.74, 6) is -1.12. The van der Waals surface area contributed by atoms with Crippen molar-refractivity contribution in [2.75, 3.05) is 6.61 Å². The second-order valence-corrected chi connectivity index (χ2v) is 5.43. The molecule has 0 atom stereocenters. The van der Waals surface area contributed by atoms with Gasteiger partial charge < -0.3 is 15.2 Å². The van der Waals surface area contributed by atoms with Crippen LogP contribution in [0.2, 0.25) is 0 Å². The minimum absolute atomic E-state index is 0.0355. The van der Waals surface area contributed by atoms with Crippen molar-refractivity contribution in [3.63, 3.8) is 0 Å². The smallest absolute Gasteiger partial charge is 0.306 e. The lowest BCUT2D eigenvalue weighted by atomic mass is 9.86. The van der Waals surface area contributed by atoms with E-state index in [-0.39, 0.29) is 24.5 Å². The van der Waals surface area contributed by atoms with E-state index in [4.69, 9.17) is 9.84 Å². The number of amides is 1. The first kappa shape index (κ1) is 15.5. The highest BCUT2D eigenvalue weighted by atomic mass is 16.5. The third-order valence-corrected chi connectivity index (χ3v) is 3.79. The van der Waals surface area contributed by atoms with E-state index >= 15 is 0 Å². The lowest BCUT2D eigenvalue weighted by Crippen LogP contribution is -2.40. The summed E-state index contributed by atoms with van der Waals surface area (Å²) in [7, 11) is 0. The number of carbonyl (C=O) groups is 2. The predicted octanol–water partition coefficient (Wildman–Crippen LogP) is 1.96. The van der Waals surface area contributed by atoms with Crippen molar-refractivity contribution in [1.82, 2.24) is 5.32 Å². The van der Waals surface area contributed by atoms with Gasteiger partial charge in [0.15, 0.2) is 0 Å². The Hall–Kier alpha value is -1.88. The Kier molecular flexibility index (Phi) is 5.75. The Morgan fingerprint density at radius 2 is 1.81 bits per heavy atom. The summed E-state index contributed by atoms with van der Waals surface area (Å²) in [6, 6.07) is 9.77. The summed E-state index contributed by atoms with van der Waals surface area (Å²) >= 11 is 0. The number of benzene rings is 1. The number of hydrogen-bond donors (Lipinski definition) is 2. The van der Waals surface area contributed by atoms with E-state index in [1.165, 1.54) is 0 Å². The first-order valence-corrected chi connectivity index (χ1v) is 7.29. The Labute approximate surface area is 124 Å². The Morgan fingerprint density at radius 1 is 1.14 bits per heavy atom. The van der Waals surface area contributed by atoms with Crippen molar-refractivity contribution >= 4 is 11.9 Å². The minimum atomic E-state index is -0.731. The van der Waals surface area contributed by atoms with E-state index in [0.29, 0.717) is 19.4 Å². The molecule has 0 aromatic heterocycles. The highest BCUT2D eigenvalue weighted by Gasteiger charge is 2.26. The molecule has 0 aliphatic heterocycles. The minimum Gasteiger partial charge on any atom is -0.481 e. The standard InChI is InChI=1S/C16H21NO4/c18-15(11-21-10-12-4-2-1-3-5-12)17-14-8-6-13(7-9-14)16(19)20/h1-5,13-14H,6-11H2,(H,17,18)(H,19,20). The van der Waals surface area contributed by atoms with Gasteiger partial charge in [0, 0.05) is 6.04 Å². The number of carboxylic acids is 1. The first-order valence-electron chi connectivity index (χ1n) is 7.29. The summed E-state index contributed by atoms with van der Waals surface area (Å²) in [5.41, 5.74) is 1.03. The van der Waals surface area contributed by atoms with Crippen LogP contribution in [0.1, 0.15) is 31.2 Å². The average Bonchev–Trinajstić information content (AvgIpc) is 2.49. The molecule has 0 spiro atoms. The van der Waals surface area contributed by atoms with Crippen LogP contribution in [-0.2, 0) is 20.9 Å². The van der Waals surface area contributed by atoms with Crippen molar-refractivity contribution in [2.24, 2.45) is 5.92 Å². The van der Waals surface area contributed by atoms with Crippen molar-refractivity contribution in [3.8, 4) is 0 Å². The van der Waals surface area contributed by atoms with Crippen molar-refractivity contribution in [1.29, 1.82) is 0 Å². The molecule has 0 bridgehead atoms. The van der Waals surface area contributed by atoms with Gasteiger partial charge in [-0.05, 0) is 31.2 Å². The summed E-state index contributed by atoms with van der Waals surface area (Å²) in [5, 5.41) is 11.8. The van der Waals surface area contributed by atoms with Gasteiger partial charge >= 0.3 is 5.97 Å². The molecule has 0 saturated heterocycles. The first-order chi connectivity index (χ1) is 10.1. The molecule has 0 unspecified atom stereocenters. The predicted molar refractivity (Wildman–Crippen MR) is 77.6 cm³/mol. The zero-order valence-corrected chi connectivity index (χ0v) is 12.0. The van der Waals surface area contributed by atoms with E-state index < -0.39 is 5.97 Å². The summed E-state index contributed by atoms with van der Waals surface area (Å²) in [6.45, 7) is 0.452. The molecule has 1 aromatic rings. The van der Waals surface area contributed by atoms with E-state index in [0.717, 1.165) is 18.4 Å². The van der Waals surface area contributed by atoms with Crippen LogP contribution in [0.25, 0.3) is 0 Å². The SMILES string of the molecule is O=C(COCc1ccccc1)NC1CCC(C(=O)O)CC1. The second-order valence-electron chi connectivity index (χ2n) is 5.43. The topological polar surface area (TPSA) is 75.6 Å². The van der Waals surface area contributed by atoms with Crippen molar-refractivity contribution in [2.45, 2.75) is 38.3 Å². The maximum atomic E-state index is 11.8. The van der Waals surface area contributed by atoms with Gasteiger partial charge in [-0.1, -0.05) is 30.3 Å². The van der Waals surface area contributed by atoms with Gasteiger partial charge in [-0.25, -0.2) is 0 Å². The number of carboxylic acid groups (broad SMARTS) is 1. The molecule has 2 rings (SSSR count). The molecular formula is C16H21NO4. The van der Waals surface area contributed by atoms with Gasteiger partial charge in [0.2, 0.25) is 5.91 Å². The van der Waals surface area contributed by atoms with Gasteiger partial charge in [0.1, 0.15) is 6.61 Å². The van der Waals surface area contributed by atoms with E-state index in [1.54, 1.807) is 0 Å². The fourth-order valence-electron chi connectivity index (χ4n) is 2.59. The molecule has 1 aliphatic carbocycles. The molecular weight excluding hydrogens is 270 g/mol. The Morgan fingerprint density at radius 3 is 2.43 bits per heavy atom. The molecule has 0 radical (unpaired) electrons. The van der Waals surface area contributed by atoms with Crippen LogP contribution in [0.4, 0.5) is 0 Å². The quantitative estimate of drug-likeness (QED) is 0.840. The van der Waals surface area contributed by atoms with Crippen LogP contribution < -0.4 is 5.32 Å². The van der Waals surface area contributed by atoms with Gasteiger partial charge in [0.05, 0.1) is 12.5 Å². The molecule has 5 heteroatoms. The molecule has 2 N–H and O–H groups in total. The average molecular weight is 291 g/mol. The number of carbonyl (C=O) groups excluding carboxylic acids is 1. The molecule has 21 heavy (non-hydrogen) atoms. The van der Waals surface area contributed by atoms with Crippen molar-refractivity contribution in [3.05, 3.63) is 35.9 Å². The van der Waals surface area contributed by atoms with E-state index in [2.05, 4.69) is 5.32 Å². The molecule has 1 aromatic carbocycles. The molecule has 1 amide bonds. The molecule has 1 aliphatic rings. The Bertz CT molecular complexity index is 466. The summed E-state index contributed by atoms with van der Waals surface area (Å²) < 4.78 is 5.38. The number of aliphatic carboxylic acids is 1. The van der Waals surface area contributed by atoms with Gasteiger partial charge in [-0.3, -0.25) is 9.59 Å². The number of hydrogen-bond acceptors (Lipinski definition) is 3. The van der Waals surface area contributed by atoms with Crippen LogP contribution in [-0.4, -0.2) is 29.6 Å². The zero-order valence-electron chi connectivity index (χ0n) is 12.0. The Balaban J connectivity index is 1.63. The summed E-state index contributed by atoms with van der Waals surface area (Å²) in [6.07, 6.45) is 2.71. The second kappa shape index (κ2) is 7.78. The fourth-order valence-corrected chi connectivity index (χ4v) is 2.59. The monoisotopic (exact) mass is 291 g/mol. The maximum Gasteiger partial charge on any atom is 0.306 e. The molecule has 114 valence electrons. The lowest BCUT2D eigenvalue weighted by molar-refractivity contribution is -0.142. The van der Waals surface area contributed by atoms with Crippen LogP contribution in [0.15, 0.2) is 30.3 Å². The van der Waals surface area contributed by atoms with Crippen LogP contribution in [0.3, 0.4) is 0 Å². The lowest BCUT2D eigenvalue weighted by Gasteiger charge is -2.26. The number of rotatable bonds is 6. The molecule has 0 heterocycles. The molecule has 1 fully saturated rings. The molecule has 1 saturated carbocycles. The van der Waals surface area contributed by atoms with Gasteiger partial charge in [0.25, 0.3) is 0 Å². The largest absolute Gasteiger partial charge is 0.481 e. The van der Waals surface area contributed by atoms with Crippen LogP contribution in [0, 0.1) is 5.92 Å². The van der Waals surface area contributed by atoms with Gasteiger partial charge in [-0.15, -0.1) is 0 Å². The van der Waals surface area contributed by atoms with Gasteiger partial charge in [-0.2, -0.15) is 0 Å². The van der Waals surface area contributed by atoms with Crippen LogP contribution in [0.5, 0.6) is 0 Å². The highest BCUT2D eigenvalue weighted by molar-refractivity contribution is 5.77. The maximum absolute atomic E-state index is 11.8. The number of ether oxygens (including phenoxy) is 1. The molecule has 5 nitrogen and oxygen atoms in total. The highest BCUT2D eigenvalue weighted by Crippen LogP contribution is 2.24. The normalized spacial score (nSPS) is 21.7. The number of nitrogens with one attached hydrogen (secondary N) is 1. The third kappa shape index (κ3) is 5.19. The van der Waals surface area contributed by atoms with Crippen LogP contribution >= 0.6 is 0 Å². The zero-order chi connectivity index (χ0) is 15.1. The summed E-state index contributed by atoms with van der Waals surface area (Å²) in [4.78, 5) is 22.6. The third-order valence-electron chi connectivity index (χ3n) is 3.79.